The van der Waals surface area contributed by atoms with E-state index >= 15 is 0 Å². The molecule has 1 aliphatic heterocycles. The first-order valence-corrected chi connectivity index (χ1v) is 10.3. The molecular formula is C22H27N5O5. The number of carbonyl (C=O) groups is 2. The molecule has 3 rings (SSSR count). The van der Waals surface area contributed by atoms with Crippen molar-refractivity contribution in [2.24, 2.45) is 10.9 Å². The lowest BCUT2D eigenvalue weighted by molar-refractivity contribution is -0.150. The molecule has 1 aromatic heterocycles. The van der Waals surface area contributed by atoms with Gasteiger partial charge in [0, 0.05) is 30.0 Å². The molecule has 0 amide bonds. The van der Waals surface area contributed by atoms with Gasteiger partial charge in [0.25, 0.3) is 0 Å². The van der Waals surface area contributed by atoms with Crippen LogP contribution in [0.25, 0.3) is 11.4 Å². The summed E-state index contributed by atoms with van der Waals surface area (Å²) in [7, 11) is 1.52. The van der Waals surface area contributed by atoms with Gasteiger partial charge in [-0.3, -0.25) is 9.79 Å². The zero-order chi connectivity index (χ0) is 23.3. The highest BCUT2D eigenvalue weighted by molar-refractivity contribution is 6.07. The van der Waals surface area contributed by atoms with Crippen LogP contribution in [-0.2, 0) is 23.8 Å². The van der Waals surface area contributed by atoms with Crippen LogP contribution in [0.15, 0.2) is 40.5 Å². The van der Waals surface area contributed by atoms with E-state index in [1.54, 1.807) is 27.7 Å². The predicted octanol–water partition coefficient (Wildman–Crippen LogP) is 2.46. The van der Waals surface area contributed by atoms with Gasteiger partial charge in [-0.1, -0.05) is 18.2 Å². The number of aromatic nitrogens is 4. The molecule has 1 aromatic carbocycles. The summed E-state index contributed by atoms with van der Waals surface area (Å²) in [5.41, 5.74) is 2.77. The number of aromatic amines is 1. The number of carbonyl (C=O) groups excluding carboxylic acids is 2. The van der Waals surface area contributed by atoms with Crippen molar-refractivity contribution >= 4 is 17.7 Å². The summed E-state index contributed by atoms with van der Waals surface area (Å²) >= 11 is 0. The highest BCUT2D eigenvalue weighted by atomic mass is 16.6. The highest BCUT2D eigenvalue weighted by Crippen LogP contribution is 2.41. The van der Waals surface area contributed by atoms with E-state index in [1.165, 1.54) is 7.11 Å². The number of nitrogens with one attached hydrogen (secondary N) is 1. The van der Waals surface area contributed by atoms with Crippen molar-refractivity contribution in [1.82, 2.24) is 20.6 Å². The Morgan fingerprint density at radius 1 is 1.19 bits per heavy atom. The Morgan fingerprint density at radius 2 is 1.97 bits per heavy atom. The lowest BCUT2D eigenvalue weighted by atomic mass is 9.75. The Balaban J connectivity index is 2.09. The van der Waals surface area contributed by atoms with Crippen molar-refractivity contribution in [2.45, 2.75) is 39.7 Å². The zero-order valence-corrected chi connectivity index (χ0v) is 18.8. The van der Waals surface area contributed by atoms with Crippen molar-refractivity contribution in [2.75, 3.05) is 20.3 Å². The Bertz CT molecular complexity index is 1030. The van der Waals surface area contributed by atoms with Gasteiger partial charge in [0.05, 0.1) is 18.3 Å². The largest absolute Gasteiger partial charge is 0.462 e. The number of tetrazole rings is 1. The Morgan fingerprint density at radius 3 is 2.62 bits per heavy atom. The van der Waals surface area contributed by atoms with Crippen molar-refractivity contribution < 1.29 is 23.8 Å². The average Bonchev–Trinajstić information content (AvgIpc) is 3.27. The van der Waals surface area contributed by atoms with Crippen LogP contribution in [0.2, 0.25) is 0 Å². The van der Waals surface area contributed by atoms with Crippen LogP contribution in [0.3, 0.4) is 0 Å². The molecule has 170 valence electrons. The fourth-order valence-electron chi connectivity index (χ4n) is 3.72. The molecule has 2 unspecified atom stereocenters. The molecule has 10 heteroatoms. The molecule has 10 nitrogen and oxygen atoms in total. The summed E-state index contributed by atoms with van der Waals surface area (Å²) in [5.74, 6) is -2.04. The fraction of sp³-hybridized carbons (Fsp3) is 0.455. The molecule has 0 bridgehead atoms. The smallest absolute Gasteiger partial charge is 0.336 e. The van der Waals surface area contributed by atoms with E-state index in [0.29, 0.717) is 33.9 Å². The SMILES string of the molecule is COCCOC(=O)C1=C(C)N=C(C)C(C(=O)OC(C)C)C1c1cccc(-c2nn[nH]n2)c1. The van der Waals surface area contributed by atoms with Crippen molar-refractivity contribution in [3.8, 4) is 11.4 Å². The molecule has 2 aromatic rings. The summed E-state index contributed by atoms with van der Waals surface area (Å²) in [6.45, 7) is 7.40. The first-order valence-electron chi connectivity index (χ1n) is 10.3. The molecule has 0 aliphatic carbocycles. The molecule has 2 heterocycles. The molecule has 0 radical (unpaired) electrons. The molecule has 1 aliphatic rings. The van der Waals surface area contributed by atoms with Crippen LogP contribution in [-0.4, -0.2) is 64.7 Å². The highest BCUT2D eigenvalue weighted by Gasteiger charge is 2.42. The lowest BCUT2D eigenvalue weighted by Gasteiger charge is -2.32. The van der Waals surface area contributed by atoms with Gasteiger partial charge in [-0.15, -0.1) is 10.2 Å². The van der Waals surface area contributed by atoms with Crippen molar-refractivity contribution in [3.05, 3.63) is 41.1 Å². The average molecular weight is 441 g/mol. The van der Waals surface area contributed by atoms with E-state index in [2.05, 4.69) is 25.6 Å². The number of ether oxygens (including phenoxy) is 3. The number of H-pyrrole nitrogens is 1. The Labute approximate surface area is 186 Å². The molecule has 0 spiro atoms. The predicted molar refractivity (Wildman–Crippen MR) is 116 cm³/mol. The zero-order valence-electron chi connectivity index (χ0n) is 18.8. The fourth-order valence-corrected chi connectivity index (χ4v) is 3.72. The van der Waals surface area contributed by atoms with E-state index in [-0.39, 0.29) is 19.3 Å². The standard InChI is InChI=1S/C22H27N5O5/c1-12(2)32-22(29)18-14(4)23-13(3)17(21(28)31-10-9-30-5)19(18)15-7-6-8-16(11-15)20-24-26-27-25-20/h6-8,11-12,18-19H,9-10H2,1-5H3,(H,24,25,26,27). The molecular weight excluding hydrogens is 414 g/mol. The quantitative estimate of drug-likeness (QED) is 0.489. The minimum absolute atomic E-state index is 0.0888. The molecule has 0 saturated heterocycles. The third kappa shape index (κ3) is 5.08. The number of nitrogens with zero attached hydrogens (tertiary/aromatic N) is 4. The maximum absolute atomic E-state index is 13.1. The Kier molecular flexibility index (Phi) is 7.47. The van der Waals surface area contributed by atoms with Gasteiger partial charge >= 0.3 is 11.9 Å². The number of rotatable bonds is 8. The number of hydrogen-bond donors (Lipinski definition) is 1. The second-order valence-corrected chi connectivity index (χ2v) is 7.68. The maximum atomic E-state index is 13.1. The normalized spacial score (nSPS) is 18.5. The van der Waals surface area contributed by atoms with E-state index in [9.17, 15) is 9.59 Å². The summed E-state index contributed by atoms with van der Waals surface area (Å²) in [5, 5.41) is 14.1. The monoisotopic (exact) mass is 441 g/mol. The number of aliphatic imine (C=N–C) groups is 1. The number of allylic oxidation sites excluding steroid dienone is 1. The van der Waals surface area contributed by atoms with Crippen LogP contribution in [0.1, 0.15) is 39.2 Å². The van der Waals surface area contributed by atoms with Gasteiger partial charge in [0.1, 0.15) is 12.5 Å². The third-order valence-corrected chi connectivity index (χ3v) is 5.02. The van der Waals surface area contributed by atoms with Gasteiger partial charge in [-0.25, -0.2) is 4.79 Å². The van der Waals surface area contributed by atoms with Gasteiger partial charge < -0.3 is 14.2 Å². The van der Waals surface area contributed by atoms with Crippen molar-refractivity contribution in [1.29, 1.82) is 0 Å². The summed E-state index contributed by atoms with van der Waals surface area (Å²) in [4.78, 5) is 30.7. The molecule has 2 atom stereocenters. The number of methoxy groups -OCH3 is 1. The third-order valence-electron chi connectivity index (χ3n) is 5.02. The first-order chi connectivity index (χ1) is 15.3. The van der Waals surface area contributed by atoms with Crippen molar-refractivity contribution in [3.63, 3.8) is 0 Å². The summed E-state index contributed by atoms with van der Waals surface area (Å²) < 4.78 is 15.9. The van der Waals surface area contributed by atoms with Crippen LogP contribution >= 0.6 is 0 Å². The Hall–Kier alpha value is -3.40. The minimum Gasteiger partial charge on any atom is -0.462 e. The van der Waals surface area contributed by atoms with Gasteiger partial charge in [-0.2, -0.15) is 5.21 Å². The second-order valence-electron chi connectivity index (χ2n) is 7.68. The summed E-state index contributed by atoms with van der Waals surface area (Å²) in [6.07, 6.45) is -0.314. The second kappa shape index (κ2) is 10.3. The van der Waals surface area contributed by atoms with Crippen LogP contribution in [0.4, 0.5) is 0 Å². The number of esters is 2. The molecule has 0 saturated carbocycles. The van der Waals surface area contributed by atoms with E-state index in [4.69, 9.17) is 14.2 Å². The van der Waals surface area contributed by atoms with Gasteiger partial charge in [-0.05, 0) is 44.5 Å². The van der Waals surface area contributed by atoms with E-state index in [0.717, 1.165) is 0 Å². The van der Waals surface area contributed by atoms with Crippen LogP contribution < -0.4 is 0 Å². The number of benzene rings is 1. The molecule has 32 heavy (non-hydrogen) atoms. The maximum Gasteiger partial charge on any atom is 0.336 e. The lowest BCUT2D eigenvalue weighted by Crippen LogP contribution is -2.37. The molecule has 0 fully saturated rings. The van der Waals surface area contributed by atoms with E-state index < -0.39 is 23.8 Å². The first kappa shape index (κ1) is 23.3. The van der Waals surface area contributed by atoms with Crippen LogP contribution in [0.5, 0.6) is 0 Å². The summed E-state index contributed by atoms with van der Waals surface area (Å²) in [6, 6.07) is 7.32. The van der Waals surface area contributed by atoms with Gasteiger partial charge in [0.2, 0.25) is 5.82 Å². The van der Waals surface area contributed by atoms with E-state index in [1.807, 2.05) is 24.3 Å². The molecule has 1 N–H and O–H groups in total. The van der Waals surface area contributed by atoms with Crippen LogP contribution in [0, 0.1) is 5.92 Å². The van der Waals surface area contributed by atoms with Gasteiger partial charge in [0.15, 0.2) is 0 Å². The number of hydrogen-bond acceptors (Lipinski definition) is 9. The minimum atomic E-state index is -0.786. The topological polar surface area (TPSA) is 129 Å².